The second kappa shape index (κ2) is 10.1. The number of non-ortho nitro benzene ring substituents is 1. The summed E-state index contributed by atoms with van der Waals surface area (Å²) in [5, 5.41) is 13.9. The summed E-state index contributed by atoms with van der Waals surface area (Å²) in [6.45, 7) is 1.45. The van der Waals surface area contributed by atoms with E-state index in [-0.39, 0.29) is 22.3 Å². The lowest BCUT2D eigenvalue weighted by Crippen LogP contribution is -2.42. The molecule has 1 atom stereocenters. The lowest BCUT2D eigenvalue weighted by Gasteiger charge is -2.25. The van der Waals surface area contributed by atoms with Gasteiger partial charge in [-0.05, 0) is 36.2 Å². The van der Waals surface area contributed by atoms with Crippen LogP contribution in [-0.2, 0) is 14.8 Å². The molecule has 0 radical (unpaired) electrons. The van der Waals surface area contributed by atoms with E-state index in [4.69, 9.17) is 0 Å². The van der Waals surface area contributed by atoms with Crippen molar-refractivity contribution in [3.05, 3.63) is 101 Å². The van der Waals surface area contributed by atoms with Crippen LogP contribution in [0.3, 0.4) is 0 Å². The SMILES string of the molecule is CCC(NC(=O)CN(c1ccc([N+](=O)[O-])cc1)S(=O)(=O)c1ccccc1)c1ccccc1. The van der Waals surface area contributed by atoms with E-state index >= 15 is 0 Å². The van der Waals surface area contributed by atoms with Gasteiger partial charge in [0.1, 0.15) is 6.54 Å². The van der Waals surface area contributed by atoms with Crippen LogP contribution in [-0.4, -0.2) is 25.8 Å². The summed E-state index contributed by atoms with van der Waals surface area (Å²) < 4.78 is 27.6. The van der Waals surface area contributed by atoms with Crippen LogP contribution in [0.2, 0.25) is 0 Å². The van der Waals surface area contributed by atoms with Crippen molar-refractivity contribution < 1.29 is 18.1 Å². The molecular formula is C23H23N3O5S. The fourth-order valence-electron chi connectivity index (χ4n) is 3.25. The van der Waals surface area contributed by atoms with Gasteiger partial charge in [0.2, 0.25) is 5.91 Å². The van der Waals surface area contributed by atoms with Gasteiger partial charge in [-0.3, -0.25) is 19.2 Å². The summed E-state index contributed by atoms with van der Waals surface area (Å²) in [5.74, 6) is -0.487. The molecule has 0 fully saturated rings. The molecule has 1 unspecified atom stereocenters. The Balaban J connectivity index is 1.92. The molecular weight excluding hydrogens is 430 g/mol. The van der Waals surface area contributed by atoms with Crippen LogP contribution in [0, 0.1) is 10.1 Å². The van der Waals surface area contributed by atoms with Crippen LogP contribution in [0.5, 0.6) is 0 Å². The molecule has 1 N–H and O–H groups in total. The normalized spacial score (nSPS) is 12.0. The largest absolute Gasteiger partial charge is 0.348 e. The van der Waals surface area contributed by atoms with Crippen LogP contribution < -0.4 is 9.62 Å². The maximum absolute atomic E-state index is 13.3. The van der Waals surface area contributed by atoms with Crippen molar-refractivity contribution in [2.24, 2.45) is 0 Å². The summed E-state index contributed by atoms with van der Waals surface area (Å²) in [7, 11) is -4.09. The molecule has 0 aliphatic carbocycles. The van der Waals surface area contributed by atoms with Gasteiger partial charge >= 0.3 is 0 Å². The van der Waals surface area contributed by atoms with Gasteiger partial charge in [0.25, 0.3) is 15.7 Å². The number of hydrogen-bond acceptors (Lipinski definition) is 5. The quantitative estimate of drug-likeness (QED) is 0.388. The first-order chi connectivity index (χ1) is 15.3. The summed E-state index contributed by atoms with van der Waals surface area (Å²) in [6.07, 6.45) is 0.624. The molecule has 0 saturated carbocycles. The van der Waals surface area contributed by atoms with E-state index in [2.05, 4.69) is 5.32 Å². The summed E-state index contributed by atoms with van der Waals surface area (Å²) in [5.41, 5.74) is 0.893. The van der Waals surface area contributed by atoms with Gasteiger partial charge in [0.05, 0.1) is 21.5 Å². The first kappa shape index (κ1) is 23.0. The molecule has 0 aliphatic rings. The van der Waals surface area contributed by atoms with Crippen LogP contribution in [0.25, 0.3) is 0 Å². The Bertz CT molecular complexity index is 1170. The highest BCUT2D eigenvalue weighted by Gasteiger charge is 2.28. The molecule has 0 aliphatic heterocycles. The Labute approximate surface area is 186 Å². The van der Waals surface area contributed by atoms with Crippen LogP contribution in [0.15, 0.2) is 89.8 Å². The van der Waals surface area contributed by atoms with Crippen molar-refractivity contribution in [3.63, 3.8) is 0 Å². The van der Waals surface area contributed by atoms with Crippen molar-refractivity contribution in [1.29, 1.82) is 0 Å². The third-order valence-electron chi connectivity index (χ3n) is 4.91. The number of hydrogen-bond donors (Lipinski definition) is 1. The first-order valence-corrected chi connectivity index (χ1v) is 11.4. The molecule has 9 heteroatoms. The van der Waals surface area contributed by atoms with Gasteiger partial charge in [-0.15, -0.1) is 0 Å². The predicted octanol–water partition coefficient (Wildman–Crippen LogP) is 4.06. The lowest BCUT2D eigenvalue weighted by molar-refractivity contribution is -0.384. The Morgan fingerprint density at radius 2 is 1.53 bits per heavy atom. The van der Waals surface area contributed by atoms with E-state index in [9.17, 15) is 23.3 Å². The van der Waals surface area contributed by atoms with Crippen molar-refractivity contribution in [3.8, 4) is 0 Å². The number of sulfonamides is 1. The second-order valence-electron chi connectivity index (χ2n) is 7.04. The summed E-state index contributed by atoms with van der Waals surface area (Å²) in [4.78, 5) is 23.3. The van der Waals surface area contributed by atoms with Crippen LogP contribution >= 0.6 is 0 Å². The Morgan fingerprint density at radius 3 is 2.06 bits per heavy atom. The van der Waals surface area contributed by atoms with Crippen molar-refractivity contribution in [1.82, 2.24) is 5.32 Å². The zero-order chi connectivity index (χ0) is 23.1. The van der Waals surface area contributed by atoms with Gasteiger partial charge in [0, 0.05) is 12.1 Å². The highest BCUT2D eigenvalue weighted by Crippen LogP contribution is 2.26. The molecule has 0 spiro atoms. The minimum Gasteiger partial charge on any atom is -0.348 e. The third kappa shape index (κ3) is 5.30. The first-order valence-electron chi connectivity index (χ1n) is 9.99. The van der Waals surface area contributed by atoms with E-state index in [0.29, 0.717) is 6.42 Å². The minimum absolute atomic E-state index is 0.0150. The molecule has 3 rings (SSSR count). The number of rotatable bonds is 9. The number of nitro groups is 1. The number of carbonyl (C=O) groups is 1. The number of nitrogens with zero attached hydrogens (tertiary/aromatic N) is 2. The third-order valence-corrected chi connectivity index (χ3v) is 6.70. The fourth-order valence-corrected chi connectivity index (χ4v) is 4.69. The smallest absolute Gasteiger partial charge is 0.269 e. The van der Waals surface area contributed by atoms with E-state index in [1.807, 2.05) is 37.3 Å². The maximum atomic E-state index is 13.3. The van der Waals surface area contributed by atoms with Crippen LogP contribution in [0.4, 0.5) is 11.4 Å². The molecule has 0 bridgehead atoms. The summed E-state index contributed by atoms with van der Waals surface area (Å²) in [6, 6.07) is 21.9. The van der Waals surface area contributed by atoms with Crippen molar-refractivity contribution in [2.75, 3.05) is 10.8 Å². The van der Waals surface area contributed by atoms with Gasteiger partial charge in [-0.25, -0.2) is 8.42 Å². The number of nitro benzene ring substituents is 1. The lowest BCUT2D eigenvalue weighted by atomic mass is 10.0. The predicted molar refractivity (Wildman–Crippen MR) is 122 cm³/mol. The topological polar surface area (TPSA) is 110 Å². The molecule has 166 valence electrons. The number of nitrogens with one attached hydrogen (secondary N) is 1. The molecule has 0 heterocycles. The Morgan fingerprint density at radius 1 is 0.969 bits per heavy atom. The molecule has 3 aromatic rings. The Kier molecular flexibility index (Phi) is 7.21. The van der Waals surface area contributed by atoms with Gasteiger partial charge < -0.3 is 5.32 Å². The number of anilines is 1. The minimum atomic E-state index is -4.09. The second-order valence-corrected chi connectivity index (χ2v) is 8.90. The van der Waals surface area contributed by atoms with E-state index < -0.39 is 27.4 Å². The Hall–Kier alpha value is -3.72. The number of amides is 1. The van der Waals surface area contributed by atoms with E-state index in [1.54, 1.807) is 18.2 Å². The summed E-state index contributed by atoms with van der Waals surface area (Å²) >= 11 is 0. The highest BCUT2D eigenvalue weighted by molar-refractivity contribution is 7.92. The van der Waals surface area contributed by atoms with Gasteiger partial charge in [-0.2, -0.15) is 0 Å². The molecule has 8 nitrogen and oxygen atoms in total. The average molecular weight is 454 g/mol. The van der Waals surface area contributed by atoms with E-state index in [0.717, 1.165) is 9.87 Å². The molecule has 0 aromatic heterocycles. The van der Waals surface area contributed by atoms with E-state index in [1.165, 1.54) is 36.4 Å². The monoisotopic (exact) mass is 453 g/mol. The zero-order valence-corrected chi connectivity index (χ0v) is 18.2. The maximum Gasteiger partial charge on any atom is 0.269 e. The molecule has 3 aromatic carbocycles. The standard InChI is InChI=1S/C23H23N3O5S/c1-2-22(18-9-5-3-6-10-18)24-23(27)17-25(19-13-15-20(16-14-19)26(28)29)32(30,31)21-11-7-4-8-12-21/h3-16,22H,2,17H2,1H3,(H,24,27). The number of benzene rings is 3. The zero-order valence-electron chi connectivity index (χ0n) is 17.4. The van der Waals surface area contributed by atoms with Crippen LogP contribution in [0.1, 0.15) is 24.9 Å². The van der Waals surface area contributed by atoms with Gasteiger partial charge in [0.15, 0.2) is 0 Å². The molecule has 0 saturated heterocycles. The number of carbonyl (C=O) groups excluding carboxylic acids is 1. The molecule has 32 heavy (non-hydrogen) atoms. The average Bonchev–Trinajstić information content (AvgIpc) is 2.82. The molecule has 1 amide bonds. The van der Waals surface area contributed by atoms with Crippen molar-refractivity contribution >= 4 is 27.3 Å². The fraction of sp³-hybridized carbons (Fsp3) is 0.174. The highest BCUT2D eigenvalue weighted by atomic mass is 32.2. The van der Waals surface area contributed by atoms with Gasteiger partial charge in [-0.1, -0.05) is 55.5 Å². The van der Waals surface area contributed by atoms with Crippen molar-refractivity contribution in [2.45, 2.75) is 24.3 Å².